The lowest BCUT2D eigenvalue weighted by atomic mass is 10.1. The van der Waals surface area contributed by atoms with Gasteiger partial charge in [-0.1, -0.05) is 16.8 Å². The van der Waals surface area contributed by atoms with Gasteiger partial charge in [0, 0.05) is 0 Å². The van der Waals surface area contributed by atoms with Gasteiger partial charge in [-0.15, -0.1) is 4.68 Å². The summed E-state index contributed by atoms with van der Waals surface area (Å²) < 4.78 is 20.5. The summed E-state index contributed by atoms with van der Waals surface area (Å²) in [6, 6.07) is 4.78. The van der Waals surface area contributed by atoms with Gasteiger partial charge < -0.3 is 16.9 Å². The second-order valence-corrected chi connectivity index (χ2v) is 4.15. The van der Waals surface area contributed by atoms with Crippen LogP contribution in [0.1, 0.15) is 11.5 Å². The maximum Gasteiger partial charge on any atom is 0.307 e. The minimum absolute atomic E-state index is 0. The lowest BCUT2D eigenvalue weighted by molar-refractivity contribution is -0.745. The molecule has 0 atom stereocenters. The predicted octanol–water partition coefficient (Wildman–Crippen LogP) is -1.75. The number of halogens is 2. The molecule has 0 aliphatic rings. The molecule has 0 saturated heterocycles. The first-order valence-corrected chi connectivity index (χ1v) is 5.69. The van der Waals surface area contributed by atoms with Crippen molar-refractivity contribution < 1.29 is 26.0 Å². The Bertz CT molecular complexity index is 698. The molecule has 0 radical (unpaired) electrons. The van der Waals surface area contributed by atoms with E-state index in [-0.39, 0.29) is 24.0 Å². The van der Waals surface area contributed by atoms with Crippen molar-refractivity contribution in [3.05, 3.63) is 48.1 Å². The van der Waals surface area contributed by atoms with Crippen LogP contribution in [-0.4, -0.2) is 20.2 Å². The van der Waals surface area contributed by atoms with Crippen LogP contribution in [-0.2, 0) is 6.54 Å². The van der Waals surface area contributed by atoms with Crippen molar-refractivity contribution in [3.63, 3.8) is 0 Å². The normalized spacial score (nSPS) is 10.3. The van der Waals surface area contributed by atoms with Gasteiger partial charge in [0.2, 0.25) is 12.2 Å². The molecule has 0 bridgehead atoms. The number of aryl methyl sites for hydroxylation is 1. The van der Waals surface area contributed by atoms with Crippen LogP contribution in [0.4, 0.5) is 4.39 Å². The van der Waals surface area contributed by atoms with E-state index in [1.807, 2.05) is 6.92 Å². The molecule has 1 aromatic carbocycles. The van der Waals surface area contributed by atoms with Crippen molar-refractivity contribution in [2.24, 2.45) is 0 Å². The van der Waals surface area contributed by atoms with Crippen molar-refractivity contribution in [1.29, 1.82) is 0 Å². The largest absolute Gasteiger partial charge is 1.00 e. The minimum Gasteiger partial charge on any atom is -1.00 e. The van der Waals surface area contributed by atoms with Gasteiger partial charge in [0.15, 0.2) is 6.54 Å². The van der Waals surface area contributed by atoms with Gasteiger partial charge in [-0.3, -0.25) is 0 Å². The topological polar surface area (TPSA) is 71.5 Å². The Morgan fingerprint density at radius 3 is 3.00 bits per heavy atom. The van der Waals surface area contributed by atoms with Crippen LogP contribution in [0.2, 0.25) is 0 Å². The fourth-order valence-electron chi connectivity index (χ4n) is 1.73. The number of aromatic amines is 1. The highest BCUT2D eigenvalue weighted by Gasteiger charge is 2.14. The van der Waals surface area contributed by atoms with Gasteiger partial charge in [0.05, 0.1) is 5.56 Å². The third-order valence-corrected chi connectivity index (χ3v) is 2.64. The van der Waals surface area contributed by atoms with E-state index in [2.05, 4.69) is 20.2 Å². The average molecular weight is 296 g/mol. The van der Waals surface area contributed by atoms with E-state index in [9.17, 15) is 4.39 Å². The summed E-state index contributed by atoms with van der Waals surface area (Å²) in [5, 5.41) is 6.65. The molecule has 0 unspecified atom stereocenters. The zero-order valence-corrected chi connectivity index (χ0v) is 11.3. The van der Waals surface area contributed by atoms with Crippen molar-refractivity contribution >= 4 is 0 Å². The SMILES string of the molecule is Cc1ccc(F)c(-c2noc(C[n+]3cnc[nH]3)n2)c1.[Cl-]. The Hall–Kier alpha value is -2.28. The zero-order valence-electron chi connectivity index (χ0n) is 10.5. The maximum absolute atomic E-state index is 13.7. The molecule has 0 fully saturated rings. The van der Waals surface area contributed by atoms with E-state index in [1.54, 1.807) is 23.1 Å². The summed E-state index contributed by atoms with van der Waals surface area (Å²) in [4.78, 5) is 8.04. The number of benzene rings is 1. The van der Waals surface area contributed by atoms with Crippen LogP contribution in [0.5, 0.6) is 0 Å². The molecule has 104 valence electrons. The fourth-order valence-corrected chi connectivity index (χ4v) is 1.73. The van der Waals surface area contributed by atoms with Crippen LogP contribution < -0.4 is 17.1 Å². The monoisotopic (exact) mass is 295 g/mol. The summed E-state index contributed by atoms with van der Waals surface area (Å²) in [7, 11) is 0. The Labute approximate surface area is 120 Å². The first-order valence-electron chi connectivity index (χ1n) is 5.69. The highest BCUT2D eigenvalue weighted by molar-refractivity contribution is 5.56. The minimum atomic E-state index is -0.368. The van der Waals surface area contributed by atoms with Crippen LogP contribution in [0.25, 0.3) is 11.4 Å². The van der Waals surface area contributed by atoms with E-state index >= 15 is 0 Å². The van der Waals surface area contributed by atoms with Gasteiger partial charge in [-0.25, -0.2) is 4.39 Å². The molecule has 0 saturated carbocycles. The predicted molar refractivity (Wildman–Crippen MR) is 62.3 cm³/mol. The number of hydrogen-bond donors (Lipinski definition) is 1. The van der Waals surface area contributed by atoms with Crippen molar-refractivity contribution in [2.45, 2.75) is 13.5 Å². The molecule has 0 amide bonds. The average Bonchev–Trinajstić information content (AvgIpc) is 3.04. The standard InChI is InChI=1S/C12H10FN5O.ClH/c1-8-2-3-10(13)9(4-8)12-16-11(19-17-12)5-18-7-14-6-15-18;/h2-4,6-7H,5H2,1H3;1H. The Balaban J connectivity index is 0.00000147. The molecule has 2 aromatic heterocycles. The quantitative estimate of drug-likeness (QED) is 0.582. The summed E-state index contributed by atoms with van der Waals surface area (Å²) in [6.07, 6.45) is 3.13. The smallest absolute Gasteiger partial charge is 0.307 e. The zero-order chi connectivity index (χ0) is 13.2. The Morgan fingerprint density at radius 2 is 2.25 bits per heavy atom. The van der Waals surface area contributed by atoms with Crippen LogP contribution in [0.3, 0.4) is 0 Å². The Kier molecular flexibility index (Phi) is 4.09. The molecule has 3 aromatic rings. The number of H-pyrrole nitrogens is 1. The van der Waals surface area contributed by atoms with Gasteiger partial charge in [-0.05, 0) is 24.0 Å². The summed E-state index contributed by atoms with van der Waals surface area (Å²) >= 11 is 0. The first kappa shape index (κ1) is 14.1. The number of nitrogens with one attached hydrogen (secondary N) is 1. The molecule has 8 heteroatoms. The molecule has 20 heavy (non-hydrogen) atoms. The summed E-state index contributed by atoms with van der Waals surface area (Å²) in [6.45, 7) is 2.24. The molecule has 3 rings (SSSR count). The summed E-state index contributed by atoms with van der Waals surface area (Å²) in [5.74, 6) is 0.258. The second kappa shape index (κ2) is 5.79. The number of aromatic nitrogens is 5. The van der Waals surface area contributed by atoms with E-state index in [4.69, 9.17) is 4.52 Å². The van der Waals surface area contributed by atoms with Crippen LogP contribution in [0, 0.1) is 12.7 Å². The Morgan fingerprint density at radius 1 is 1.40 bits per heavy atom. The molecular formula is C12H11ClFN5O. The van der Waals surface area contributed by atoms with Crippen LogP contribution in [0.15, 0.2) is 35.4 Å². The van der Waals surface area contributed by atoms with Gasteiger partial charge in [-0.2, -0.15) is 10.1 Å². The van der Waals surface area contributed by atoms with Crippen molar-refractivity contribution in [3.8, 4) is 11.4 Å². The van der Waals surface area contributed by atoms with Crippen molar-refractivity contribution in [2.75, 3.05) is 0 Å². The van der Waals surface area contributed by atoms with E-state index in [0.29, 0.717) is 18.0 Å². The molecule has 0 aliphatic carbocycles. The molecular weight excluding hydrogens is 285 g/mol. The maximum atomic E-state index is 13.7. The number of nitrogens with zero attached hydrogens (tertiary/aromatic N) is 4. The van der Waals surface area contributed by atoms with E-state index in [1.165, 1.54) is 12.4 Å². The number of rotatable bonds is 3. The van der Waals surface area contributed by atoms with Gasteiger partial charge in [0.25, 0.3) is 5.89 Å². The molecule has 2 heterocycles. The molecule has 0 aliphatic heterocycles. The number of hydrogen-bond acceptors (Lipinski definition) is 4. The van der Waals surface area contributed by atoms with Crippen molar-refractivity contribution in [1.82, 2.24) is 20.2 Å². The second-order valence-electron chi connectivity index (χ2n) is 4.15. The van der Waals surface area contributed by atoms with Crippen LogP contribution >= 0.6 is 0 Å². The first-order chi connectivity index (χ1) is 9.22. The van der Waals surface area contributed by atoms with E-state index < -0.39 is 0 Å². The lowest BCUT2D eigenvalue weighted by Crippen LogP contribution is -3.00. The summed E-state index contributed by atoms with van der Waals surface area (Å²) in [5.41, 5.74) is 1.27. The highest BCUT2D eigenvalue weighted by atomic mass is 35.5. The van der Waals surface area contributed by atoms with Gasteiger partial charge >= 0.3 is 6.33 Å². The third kappa shape index (κ3) is 2.83. The highest BCUT2D eigenvalue weighted by Crippen LogP contribution is 2.20. The lowest BCUT2D eigenvalue weighted by Gasteiger charge is -1.98. The molecule has 1 N–H and O–H groups in total. The van der Waals surface area contributed by atoms with Gasteiger partial charge in [0.1, 0.15) is 5.82 Å². The molecule has 0 spiro atoms. The van der Waals surface area contributed by atoms with E-state index in [0.717, 1.165) is 5.56 Å². The third-order valence-electron chi connectivity index (χ3n) is 2.64. The fraction of sp³-hybridized carbons (Fsp3) is 0.167. The molecule has 6 nitrogen and oxygen atoms in total.